The third kappa shape index (κ3) is 16.8. The van der Waals surface area contributed by atoms with E-state index in [0.717, 1.165) is 0 Å². The highest BCUT2D eigenvalue weighted by Gasteiger charge is 2.22. The zero-order valence-electron chi connectivity index (χ0n) is 30.2. The fourth-order valence-corrected chi connectivity index (χ4v) is 3.99. The Bertz CT molecular complexity index is 1580. The van der Waals surface area contributed by atoms with Crippen LogP contribution in [-0.4, -0.2) is 88.0 Å². The van der Waals surface area contributed by atoms with Gasteiger partial charge in [-0.15, -0.1) is 0 Å². The van der Waals surface area contributed by atoms with Crippen molar-refractivity contribution in [2.45, 2.75) is 65.2 Å². The van der Waals surface area contributed by atoms with Gasteiger partial charge >= 0.3 is 30.2 Å². The number of hydrogen-bond donors (Lipinski definition) is 0. The summed E-state index contributed by atoms with van der Waals surface area (Å²) in [7, 11) is 0. The number of aromatic nitrogens is 4. The summed E-state index contributed by atoms with van der Waals surface area (Å²) in [5.41, 5.74) is 1.86. The molecule has 0 saturated carbocycles. The zero-order chi connectivity index (χ0) is 39.3. The monoisotopic (exact) mass is 752 g/mol. The Morgan fingerprint density at radius 3 is 1.43 bits per heavy atom. The number of allylic oxidation sites excluding steroid dienone is 1. The minimum atomic E-state index is -1.15. The highest BCUT2D eigenvalue weighted by molar-refractivity contribution is 5.86. The molecule has 2 unspecified atom stereocenters. The molecule has 2 heterocycles. The predicted octanol–water partition coefficient (Wildman–Crippen LogP) is 4.62. The summed E-state index contributed by atoms with van der Waals surface area (Å²) in [4.78, 5) is 69.1. The van der Waals surface area contributed by atoms with Gasteiger partial charge in [0.2, 0.25) is 0 Å². The van der Waals surface area contributed by atoms with Crippen LogP contribution < -0.4 is 0 Å². The molecular formula is C37H44N4O13. The van der Waals surface area contributed by atoms with Crippen LogP contribution in [0, 0.1) is 0 Å². The van der Waals surface area contributed by atoms with Gasteiger partial charge in [0.25, 0.3) is 0 Å². The van der Waals surface area contributed by atoms with Gasteiger partial charge in [-0.3, -0.25) is 9.59 Å². The fourth-order valence-electron chi connectivity index (χ4n) is 3.99. The van der Waals surface area contributed by atoms with Crippen LogP contribution >= 0.6 is 0 Å². The van der Waals surface area contributed by atoms with Crippen LogP contribution in [0.2, 0.25) is 0 Å². The SMILES string of the molecule is C=C(C)C(=C)OCC(COC(=O)CCn1ccnc1)OC(=O)OCc1ccc(COC(=O)OC(COC(=O)CCn2ccnc2)COC(=O)C(=C)C)cc1. The van der Waals surface area contributed by atoms with E-state index in [-0.39, 0.29) is 57.2 Å². The smallest absolute Gasteiger partial charge is 0.490 e. The first-order valence-corrected chi connectivity index (χ1v) is 16.7. The third-order valence-corrected chi connectivity index (χ3v) is 7.06. The van der Waals surface area contributed by atoms with Crippen LogP contribution in [0.25, 0.3) is 0 Å². The molecule has 0 aliphatic heterocycles. The van der Waals surface area contributed by atoms with Gasteiger partial charge in [0.1, 0.15) is 45.4 Å². The minimum absolute atomic E-state index is 0.0365. The molecule has 17 nitrogen and oxygen atoms in total. The van der Waals surface area contributed by atoms with Crippen molar-refractivity contribution in [3.63, 3.8) is 0 Å². The predicted molar refractivity (Wildman–Crippen MR) is 188 cm³/mol. The minimum Gasteiger partial charge on any atom is -0.490 e. The standard InChI is InChI=1S/C37H44N4O13/c1-26(2)28(5)47-20-31(21-48-33(42)10-14-40-16-12-38-24-40)53-36(45)51-18-29-6-8-30(9-7-29)19-52-37(46)54-32(23-50-35(44)27(3)4)22-49-34(43)11-15-41-17-13-39-25-41/h6-9,12-13,16-17,24-25,31-32H,1,3,5,10-11,14-15,18-23H2,2,4H3. The Balaban J connectivity index is 1.43. The molecule has 0 bridgehead atoms. The maximum absolute atomic E-state index is 12.5. The van der Waals surface area contributed by atoms with E-state index in [2.05, 4.69) is 29.7 Å². The van der Waals surface area contributed by atoms with Crippen molar-refractivity contribution in [3.05, 3.63) is 109 Å². The highest BCUT2D eigenvalue weighted by Crippen LogP contribution is 2.12. The van der Waals surface area contributed by atoms with Crippen molar-refractivity contribution in [1.29, 1.82) is 0 Å². The Kier molecular flexibility index (Phi) is 17.5. The molecule has 0 radical (unpaired) electrons. The molecular weight excluding hydrogens is 708 g/mol. The quantitative estimate of drug-likeness (QED) is 0.0428. The average molecular weight is 753 g/mol. The van der Waals surface area contributed by atoms with E-state index in [1.165, 1.54) is 6.92 Å². The van der Waals surface area contributed by atoms with E-state index in [9.17, 15) is 24.0 Å². The number of aryl methyl sites for hydroxylation is 2. The van der Waals surface area contributed by atoms with E-state index in [1.54, 1.807) is 77.8 Å². The second kappa shape index (κ2) is 22.5. The van der Waals surface area contributed by atoms with Crippen molar-refractivity contribution in [2.75, 3.05) is 26.4 Å². The van der Waals surface area contributed by atoms with Gasteiger partial charge < -0.3 is 47.0 Å². The number of carbonyl (C=O) groups is 5. The Hall–Kier alpha value is -6.39. The van der Waals surface area contributed by atoms with E-state index in [1.807, 2.05) is 0 Å². The molecule has 2 aromatic heterocycles. The number of imidazole rings is 2. The van der Waals surface area contributed by atoms with Crippen LogP contribution in [-0.2, 0) is 78.6 Å². The molecule has 0 fully saturated rings. The van der Waals surface area contributed by atoms with E-state index in [0.29, 0.717) is 29.8 Å². The number of carbonyl (C=O) groups excluding carboxylic acids is 5. The van der Waals surface area contributed by atoms with Gasteiger partial charge in [0, 0.05) is 43.4 Å². The summed E-state index contributed by atoms with van der Waals surface area (Å²) in [6.45, 7) is 13.3. The van der Waals surface area contributed by atoms with Gasteiger partial charge in [0.15, 0.2) is 12.2 Å². The Morgan fingerprint density at radius 2 is 1.04 bits per heavy atom. The maximum Gasteiger partial charge on any atom is 0.509 e. The van der Waals surface area contributed by atoms with E-state index >= 15 is 0 Å². The summed E-state index contributed by atoms with van der Waals surface area (Å²) >= 11 is 0. The van der Waals surface area contributed by atoms with E-state index in [4.69, 9.17) is 37.9 Å². The molecule has 17 heteroatoms. The van der Waals surface area contributed by atoms with Crippen LogP contribution in [0.3, 0.4) is 0 Å². The van der Waals surface area contributed by atoms with Gasteiger partial charge in [-0.05, 0) is 30.5 Å². The summed E-state index contributed by atoms with van der Waals surface area (Å²) in [5, 5.41) is 0. The topological polar surface area (TPSA) is 195 Å². The van der Waals surface area contributed by atoms with Crippen molar-refractivity contribution >= 4 is 30.2 Å². The number of nitrogens with zero attached hydrogens (tertiary/aromatic N) is 4. The highest BCUT2D eigenvalue weighted by atomic mass is 16.7. The number of ether oxygens (including phenoxy) is 8. The Labute approximate surface area is 312 Å². The first-order valence-electron chi connectivity index (χ1n) is 16.7. The van der Waals surface area contributed by atoms with Crippen molar-refractivity contribution in [1.82, 2.24) is 19.1 Å². The first-order chi connectivity index (χ1) is 25.9. The number of rotatable bonds is 23. The number of benzene rings is 1. The lowest BCUT2D eigenvalue weighted by molar-refractivity contribution is -0.152. The molecule has 290 valence electrons. The molecule has 1 aromatic carbocycles. The lowest BCUT2D eigenvalue weighted by Crippen LogP contribution is -2.31. The average Bonchev–Trinajstić information content (AvgIpc) is 3.89. The molecule has 0 amide bonds. The van der Waals surface area contributed by atoms with Crippen molar-refractivity contribution in [3.8, 4) is 0 Å². The van der Waals surface area contributed by atoms with Crippen molar-refractivity contribution < 1.29 is 61.9 Å². The van der Waals surface area contributed by atoms with Gasteiger partial charge in [-0.2, -0.15) is 0 Å². The second-order valence-corrected chi connectivity index (χ2v) is 11.7. The molecule has 3 aromatic rings. The molecule has 0 saturated heterocycles. The van der Waals surface area contributed by atoms with Gasteiger partial charge in [0.05, 0.1) is 25.5 Å². The zero-order valence-corrected chi connectivity index (χ0v) is 30.2. The summed E-state index contributed by atoms with van der Waals surface area (Å²) in [6.07, 6.45) is 5.56. The van der Waals surface area contributed by atoms with Gasteiger partial charge in [-0.1, -0.05) is 44.0 Å². The van der Waals surface area contributed by atoms with E-state index < -0.39 is 49.0 Å². The van der Waals surface area contributed by atoms with Crippen LogP contribution in [0.1, 0.15) is 37.8 Å². The molecule has 54 heavy (non-hydrogen) atoms. The van der Waals surface area contributed by atoms with Gasteiger partial charge in [-0.25, -0.2) is 24.4 Å². The van der Waals surface area contributed by atoms with Crippen LogP contribution in [0.5, 0.6) is 0 Å². The second-order valence-electron chi connectivity index (χ2n) is 11.7. The maximum atomic E-state index is 12.5. The van der Waals surface area contributed by atoms with Crippen LogP contribution in [0.4, 0.5) is 9.59 Å². The molecule has 0 spiro atoms. The van der Waals surface area contributed by atoms with Crippen LogP contribution in [0.15, 0.2) is 98.3 Å². The lowest BCUT2D eigenvalue weighted by Gasteiger charge is -2.19. The van der Waals surface area contributed by atoms with Crippen molar-refractivity contribution in [2.24, 2.45) is 0 Å². The summed E-state index contributed by atoms with van der Waals surface area (Å²) < 4.78 is 45.5. The molecule has 0 aliphatic rings. The number of hydrogen-bond acceptors (Lipinski definition) is 15. The molecule has 3 rings (SSSR count). The lowest BCUT2D eigenvalue weighted by atomic mass is 10.1. The largest absolute Gasteiger partial charge is 0.509 e. The number of esters is 3. The fraction of sp³-hybridized carbons (Fsp3) is 0.378. The summed E-state index contributed by atoms with van der Waals surface area (Å²) in [5.74, 6) is -1.50. The summed E-state index contributed by atoms with van der Waals surface area (Å²) in [6, 6.07) is 6.54. The molecule has 0 N–H and O–H groups in total. The Morgan fingerprint density at radius 1 is 0.611 bits per heavy atom. The molecule has 0 aliphatic carbocycles. The first kappa shape index (κ1) is 42.0. The third-order valence-electron chi connectivity index (χ3n) is 7.06. The molecule has 2 atom stereocenters. The normalized spacial score (nSPS) is 11.6.